The van der Waals surface area contributed by atoms with Crippen LogP contribution in [0.25, 0.3) is 0 Å². The third-order valence-electron chi connectivity index (χ3n) is 3.45. The molecule has 2 aromatic rings. The van der Waals surface area contributed by atoms with Crippen LogP contribution in [0.4, 0.5) is 5.69 Å². The van der Waals surface area contributed by atoms with Crippen LogP contribution >= 0.6 is 15.9 Å². The predicted octanol–water partition coefficient (Wildman–Crippen LogP) is 2.95. The summed E-state index contributed by atoms with van der Waals surface area (Å²) in [6, 6.07) is 12.3. The largest absolute Gasteiger partial charge is 0.497 e. The van der Waals surface area contributed by atoms with E-state index in [4.69, 9.17) is 9.47 Å². The quantitative estimate of drug-likeness (QED) is 0.442. The second-order valence-electron chi connectivity index (χ2n) is 5.17. The van der Waals surface area contributed by atoms with Crippen LogP contribution in [-0.2, 0) is 9.59 Å². The summed E-state index contributed by atoms with van der Waals surface area (Å²) in [4.78, 5) is 24.1. The van der Waals surface area contributed by atoms with Crippen LogP contribution in [0.1, 0.15) is 12.5 Å². The molecule has 8 heteroatoms. The highest BCUT2D eigenvalue weighted by Gasteiger charge is 2.16. The highest BCUT2D eigenvalue weighted by atomic mass is 79.9. The zero-order chi connectivity index (χ0) is 19.1. The minimum atomic E-state index is -0.897. The molecule has 0 atom stereocenters. The van der Waals surface area contributed by atoms with Crippen LogP contribution in [0.15, 0.2) is 52.0 Å². The lowest BCUT2D eigenvalue weighted by atomic mass is 10.1. The van der Waals surface area contributed by atoms with Crippen molar-refractivity contribution < 1.29 is 19.1 Å². The Balaban J connectivity index is 2.05. The molecule has 0 spiro atoms. The number of carbonyl (C=O) groups is 2. The normalized spacial score (nSPS) is 10.8. The molecule has 0 aliphatic rings. The molecule has 0 bridgehead atoms. The molecular weight excluding hydrogens is 402 g/mol. The molecule has 26 heavy (non-hydrogen) atoms. The van der Waals surface area contributed by atoms with Crippen LogP contribution in [0.2, 0.25) is 0 Å². The van der Waals surface area contributed by atoms with Gasteiger partial charge in [0, 0.05) is 10.5 Å². The van der Waals surface area contributed by atoms with E-state index in [0.29, 0.717) is 22.9 Å². The number of benzene rings is 2. The molecule has 0 unspecified atom stereocenters. The van der Waals surface area contributed by atoms with E-state index in [-0.39, 0.29) is 0 Å². The number of nitrogens with zero attached hydrogens (tertiary/aromatic N) is 1. The summed E-state index contributed by atoms with van der Waals surface area (Å²) in [5, 5.41) is 6.42. The fraction of sp³-hybridized carbons (Fsp3) is 0.167. The van der Waals surface area contributed by atoms with E-state index in [9.17, 15) is 9.59 Å². The number of ether oxygens (including phenoxy) is 2. The first-order chi connectivity index (χ1) is 12.4. The average molecular weight is 420 g/mol. The third kappa shape index (κ3) is 5.06. The van der Waals surface area contributed by atoms with E-state index in [1.807, 2.05) is 24.3 Å². The Morgan fingerprint density at radius 3 is 2.31 bits per heavy atom. The number of nitrogens with one attached hydrogen (secondary N) is 2. The number of carbonyl (C=O) groups excluding carboxylic acids is 2. The summed E-state index contributed by atoms with van der Waals surface area (Å²) < 4.78 is 11.2. The van der Waals surface area contributed by atoms with Crippen molar-refractivity contribution in [2.75, 3.05) is 19.5 Å². The van der Waals surface area contributed by atoms with Gasteiger partial charge in [0.1, 0.15) is 11.5 Å². The summed E-state index contributed by atoms with van der Waals surface area (Å²) in [6.07, 6.45) is 0. The van der Waals surface area contributed by atoms with Crippen LogP contribution in [0.3, 0.4) is 0 Å². The highest BCUT2D eigenvalue weighted by Crippen LogP contribution is 2.28. The summed E-state index contributed by atoms with van der Waals surface area (Å²) in [6.45, 7) is 1.73. The van der Waals surface area contributed by atoms with E-state index in [2.05, 4.69) is 31.8 Å². The lowest BCUT2D eigenvalue weighted by Crippen LogP contribution is -2.33. The minimum Gasteiger partial charge on any atom is -0.497 e. The maximum Gasteiger partial charge on any atom is 0.329 e. The van der Waals surface area contributed by atoms with Crippen molar-refractivity contribution in [2.45, 2.75) is 6.92 Å². The molecule has 0 fully saturated rings. The molecule has 0 saturated carbocycles. The standard InChI is InChI=1S/C18H18BrN3O4/c1-11(12-4-6-13(19)7-5-12)21-22-18(24)17(23)20-15-10-14(25-2)8-9-16(15)26-3/h4-10H,1-3H3,(H,20,23)(H,22,24)/b21-11+. The lowest BCUT2D eigenvalue weighted by molar-refractivity contribution is -0.136. The molecule has 0 aromatic heterocycles. The van der Waals surface area contributed by atoms with E-state index in [1.54, 1.807) is 25.1 Å². The van der Waals surface area contributed by atoms with Gasteiger partial charge in [-0.3, -0.25) is 9.59 Å². The van der Waals surface area contributed by atoms with E-state index < -0.39 is 11.8 Å². The molecule has 0 saturated heterocycles. The number of halogens is 1. The number of hydrogen-bond donors (Lipinski definition) is 2. The maximum absolute atomic E-state index is 12.1. The Morgan fingerprint density at radius 2 is 1.69 bits per heavy atom. The molecule has 7 nitrogen and oxygen atoms in total. The first kappa shape index (κ1) is 19.5. The second kappa shape index (κ2) is 9.00. The molecule has 0 aliphatic heterocycles. The molecular formula is C18H18BrN3O4. The fourth-order valence-corrected chi connectivity index (χ4v) is 2.30. The van der Waals surface area contributed by atoms with E-state index >= 15 is 0 Å². The van der Waals surface area contributed by atoms with Gasteiger partial charge in [-0.05, 0) is 36.8 Å². The van der Waals surface area contributed by atoms with Crippen molar-refractivity contribution in [3.63, 3.8) is 0 Å². The number of anilines is 1. The summed E-state index contributed by atoms with van der Waals surface area (Å²) in [7, 11) is 2.96. The number of rotatable bonds is 5. The van der Waals surface area contributed by atoms with Crippen molar-refractivity contribution in [1.82, 2.24) is 5.43 Å². The molecule has 2 N–H and O–H groups in total. The number of hydrogen-bond acceptors (Lipinski definition) is 5. The highest BCUT2D eigenvalue weighted by molar-refractivity contribution is 9.10. The van der Waals surface area contributed by atoms with Gasteiger partial charge in [0.2, 0.25) is 0 Å². The third-order valence-corrected chi connectivity index (χ3v) is 3.98. The van der Waals surface area contributed by atoms with Crippen molar-refractivity contribution in [1.29, 1.82) is 0 Å². The smallest absolute Gasteiger partial charge is 0.329 e. The van der Waals surface area contributed by atoms with E-state index in [1.165, 1.54) is 14.2 Å². The molecule has 2 aromatic carbocycles. The second-order valence-corrected chi connectivity index (χ2v) is 6.08. The van der Waals surface area contributed by atoms with Crippen molar-refractivity contribution in [2.24, 2.45) is 5.10 Å². The van der Waals surface area contributed by atoms with Crippen LogP contribution in [0, 0.1) is 0 Å². The summed E-state index contributed by atoms with van der Waals surface area (Å²) >= 11 is 3.35. The van der Waals surface area contributed by atoms with Crippen molar-refractivity contribution in [3.8, 4) is 11.5 Å². The van der Waals surface area contributed by atoms with Crippen LogP contribution in [0.5, 0.6) is 11.5 Å². The number of amides is 2. The first-order valence-electron chi connectivity index (χ1n) is 7.58. The molecule has 2 rings (SSSR count). The summed E-state index contributed by atoms with van der Waals surface area (Å²) in [5.41, 5.74) is 3.94. The Hall–Kier alpha value is -2.87. The van der Waals surface area contributed by atoms with Gasteiger partial charge < -0.3 is 14.8 Å². The minimum absolute atomic E-state index is 0.320. The number of methoxy groups -OCH3 is 2. The van der Waals surface area contributed by atoms with Gasteiger partial charge in [0.05, 0.1) is 25.6 Å². The Morgan fingerprint density at radius 1 is 1.00 bits per heavy atom. The molecule has 0 radical (unpaired) electrons. The zero-order valence-corrected chi connectivity index (χ0v) is 16.1. The van der Waals surface area contributed by atoms with Gasteiger partial charge >= 0.3 is 11.8 Å². The lowest BCUT2D eigenvalue weighted by Gasteiger charge is -2.11. The van der Waals surface area contributed by atoms with E-state index in [0.717, 1.165) is 10.0 Å². The Kier molecular flexibility index (Phi) is 6.74. The van der Waals surface area contributed by atoms with Gasteiger partial charge in [0.25, 0.3) is 0 Å². The molecule has 2 amide bonds. The molecule has 0 heterocycles. The van der Waals surface area contributed by atoms with Gasteiger partial charge in [-0.2, -0.15) is 5.10 Å². The Bertz CT molecular complexity index is 835. The topological polar surface area (TPSA) is 89.0 Å². The van der Waals surface area contributed by atoms with Crippen molar-refractivity contribution in [3.05, 3.63) is 52.5 Å². The van der Waals surface area contributed by atoms with Gasteiger partial charge in [-0.15, -0.1) is 0 Å². The average Bonchev–Trinajstić information content (AvgIpc) is 2.66. The predicted molar refractivity (Wildman–Crippen MR) is 103 cm³/mol. The SMILES string of the molecule is COc1ccc(OC)c(NC(=O)C(=O)N/N=C(\C)c2ccc(Br)cc2)c1. The van der Waals surface area contributed by atoms with Gasteiger partial charge in [-0.1, -0.05) is 28.1 Å². The maximum atomic E-state index is 12.1. The van der Waals surface area contributed by atoms with Crippen LogP contribution < -0.4 is 20.2 Å². The fourth-order valence-electron chi connectivity index (χ4n) is 2.03. The van der Waals surface area contributed by atoms with Crippen LogP contribution in [-0.4, -0.2) is 31.7 Å². The zero-order valence-electron chi connectivity index (χ0n) is 14.5. The first-order valence-corrected chi connectivity index (χ1v) is 8.37. The number of hydrazone groups is 1. The van der Waals surface area contributed by atoms with Crippen molar-refractivity contribution >= 4 is 39.1 Å². The molecule has 0 aliphatic carbocycles. The van der Waals surface area contributed by atoms with Gasteiger partial charge in [-0.25, -0.2) is 5.43 Å². The summed E-state index contributed by atoms with van der Waals surface area (Å²) in [5.74, 6) is -0.845. The monoisotopic (exact) mass is 419 g/mol. The Labute approximate surface area is 159 Å². The van der Waals surface area contributed by atoms with Gasteiger partial charge in [0.15, 0.2) is 0 Å². The molecule has 136 valence electrons.